The molecule has 56 heavy (non-hydrogen) atoms. The lowest BCUT2D eigenvalue weighted by Crippen LogP contribution is -2.39. The van der Waals surface area contributed by atoms with Crippen molar-refractivity contribution in [2.24, 2.45) is 5.11 Å². The van der Waals surface area contributed by atoms with Gasteiger partial charge in [-0.15, -0.1) is 0 Å². The van der Waals surface area contributed by atoms with E-state index in [0.717, 1.165) is 51.0 Å². The van der Waals surface area contributed by atoms with Crippen LogP contribution in [0.15, 0.2) is 84.1 Å². The van der Waals surface area contributed by atoms with Crippen LogP contribution in [0.4, 0.5) is 5.82 Å². The Morgan fingerprint density at radius 1 is 0.839 bits per heavy atom. The molecule has 0 unspecified atom stereocenters. The number of azide groups is 1. The number of amides is 2. The van der Waals surface area contributed by atoms with Crippen molar-refractivity contribution in [3.05, 3.63) is 101 Å². The molecule has 0 bridgehead atoms. The van der Waals surface area contributed by atoms with Gasteiger partial charge in [-0.05, 0) is 71.1 Å². The number of aryl methyl sites for hydroxylation is 1. The van der Waals surface area contributed by atoms with Crippen LogP contribution in [-0.4, -0.2) is 95.8 Å². The van der Waals surface area contributed by atoms with E-state index in [-0.39, 0.29) is 25.3 Å². The summed E-state index contributed by atoms with van der Waals surface area (Å²) < 4.78 is 27.4. The maximum absolute atomic E-state index is 12.9. The summed E-state index contributed by atoms with van der Waals surface area (Å²) in [4.78, 5) is 44.6. The molecule has 4 aromatic rings. The number of fused-ring (bicyclic) bond motifs is 1. The minimum atomic E-state index is -0.654. The summed E-state index contributed by atoms with van der Waals surface area (Å²) in [6.07, 6.45) is 3.40. The molecule has 1 heterocycles. The molecule has 0 aliphatic rings. The number of hydrogen-bond donors (Lipinski definition) is 3. The van der Waals surface area contributed by atoms with Gasteiger partial charge in [-0.25, -0.2) is 4.98 Å². The summed E-state index contributed by atoms with van der Waals surface area (Å²) in [7, 11) is 1.30. The number of methoxy groups -OCH3 is 1. The fourth-order valence-electron chi connectivity index (χ4n) is 5.72. The van der Waals surface area contributed by atoms with Crippen LogP contribution in [0.2, 0.25) is 0 Å². The molecule has 15 nitrogen and oxygen atoms in total. The van der Waals surface area contributed by atoms with Crippen LogP contribution in [0.3, 0.4) is 0 Å². The van der Waals surface area contributed by atoms with Crippen LogP contribution in [-0.2, 0) is 33.3 Å². The molecule has 0 radical (unpaired) electrons. The molecular formula is C41H51N7O8. The quantitative estimate of drug-likeness (QED) is 0.0222. The smallest absolute Gasteiger partial charge is 0.307 e. The third kappa shape index (κ3) is 15.2. The molecule has 1 aromatic heterocycles. The highest BCUT2D eigenvalue weighted by Gasteiger charge is 2.20. The fraction of sp³-hybridized carbons (Fsp3) is 0.415. The van der Waals surface area contributed by atoms with Crippen LogP contribution < -0.4 is 20.7 Å². The first-order valence-electron chi connectivity index (χ1n) is 18.7. The zero-order valence-corrected chi connectivity index (χ0v) is 32.0. The molecule has 0 aliphatic heterocycles. The number of ether oxygens (including phenoxy) is 5. The Bertz CT molecular complexity index is 1890. The van der Waals surface area contributed by atoms with Gasteiger partial charge in [-0.1, -0.05) is 59.7 Å². The highest BCUT2D eigenvalue weighted by Crippen LogP contribution is 2.35. The van der Waals surface area contributed by atoms with E-state index in [0.29, 0.717) is 65.8 Å². The van der Waals surface area contributed by atoms with E-state index in [2.05, 4.69) is 31.0 Å². The lowest BCUT2D eigenvalue weighted by atomic mass is 9.95. The van der Waals surface area contributed by atoms with E-state index in [1.807, 2.05) is 79.7 Å². The predicted octanol–water partition coefficient (Wildman–Crippen LogP) is 6.07. The minimum absolute atomic E-state index is 0.0692. The van der Waals surface area contributed by atoms with Gasteiger partial charge in [0.2, 0.25) is 11.8 Å². The topological polar surface area (TPSA) is 195 Å². The van der Waals surface area contributed by atoms with Gasteiger partial charge >= 0.3 is 5.97 Å². The molecular weight excluding hydrogens is 718 g/mol. The number of benzene rings is 3. The van der Waals surface area contributed by atoms with Crippen molar-refractivity contribution in [3.63, 3.8) is 0 Å². The lowest BCUT2D eigenvalue weighted by Gasteiger charge is -2.19. The predicted molar refractivity (Wildman–Crippen MR) is 213 cm³/mol. The number of pyridine rings is 1. The summed E-state index contributed by atoms with van der Waals surface area (Å²) in [6, 6.07) is 22.8. The average Bonchev–Trinajstić information content (AvgIpc) is 3.21. The monoisotopic (exact) mass is 769 g/mol. The summed E-state index contributed by atoms with van der Waals surface area (Å²) in [5.41, 5.74) is 12.0. The Morgan fingerprint density at radius 2 is 1.55 bits per heavy atom. The largest absolute Gasteiger partial charge is 0.491 e. The van der Waals surface area contributed by atoms with Crippen LogP contribution in [0.1, 0.15) is 42.9 Å². The molecule has 298 valence electrons. The number of nitrogens with zero attached hydrogens (tertiary/aromatic N) is 4. The normalized spacial score (nSPS) is 11.3. The lowest BCUT2D eigenvalue weighted by molar-refractivity contribution is -0.141. The minimum Gasteiger partial charge on any atom is -0.491 e. The fourth-order valence-corrected chi connectivity index (χ4v) is 5.72. The van der Waals surface area contributed by atoms with Gasteiger partial charge in [0.15, 0.2) is 0 Å². The summed E-state index contributed by atoms with van der Waals surface area (Å²) >= 11 is 0. The van der Waals surface area contributed by atoms with Crippen molar-refractivity contribution in [3.8, 4) is 16.9 Å². The number of anilines is 1. The van der Waals surface area contributed by atoms with Gasteiger partial charge in [0.1, 0.15) is 18.2 Å². The highest BCUT2D eigenvalue weighted by atomic mass is 16.6. The van der Waals surface area contributed by atoms with Crippen LogP contribution >= 0.6 is 0 Å². The maximum Gasteiger partial charge on any atom is 0.307 e. The summed E-state index contributed by atoms with van der Waals surface area (Å²) in [5.74, 6) is 0.431. The Labute approximate surface area is 327 Å². The van der Waals surface area contributed by atoms with E-state index in [1.54, 1.807) is 6.20 Å². The second-order valence-corrected chi connectivity index (χ2v) is 12.7. The number of carbonyl (C=O) groups excluding carboxylic acids is 3. The van der Waals surface area contributed by atoms with Crippen molar-refractivity contribution >= 4 is 34.4 Å². The molecule has 4 rings (SSSR count). The van der Waals surface area contributed by atoms with Crippen molar-refractivity contribution < 1.29 is 38.1 Å². The molecule has 1 atom stereocenters. The van der Waals surface area contributed by atoms with E-state index < -0.39 is 17.9 Å². The van der Waals surface area contributed by atoms with Gasteiger partial charge < -0.3 is 39.6 Å². The molecule has 2 amide bonds. The van der Waals surface area contributed by atoms with Gasteiger partial charge in [-0.2, -0.15) is 0 Å². The standard InChI is InChI=1S/C41H51N7O8/c1-30-16-18-44-38(27-30)43-17-6-5-9-39(49)45-29-40(50)47-36(28-41(51)52-2)32-12-10-31(11-13-32)33-14-15-37(35-8-4-3-7-34(33)35)56-26-25-55-24-23-54-22-21-53-20-19-46-48-42/h3-4,7-8,10-16,18,27,36H,5-6,9,17,19-26,28-29H2,1-2H3,(H,43,44)(H,45,49)(H,47,50)/t36-/m0/s1. The third-order valence-electron chi connectivity index (χ3n) is 8.57. The molecule has 15 heteroatoms. The molecule has 0 fully saturated rings. The van der Waals surface area contributed by atoms with Crippen molar-refractivity contribution in [1.29, 1.82) is 0 Å². The van der Waals surface area contributed by atoms with E-state index in [1.165, 1.54) is 7.11 Å². The Hall–Kier alpha value is -5.73. The second-order valence-electron chi connectivity index (χ2n) is 12.7. The third-order valence-corrected chi connectivity index (χ3v) is 8.57. The van der Waals surface area contributed by atoms with Crippen molar-refractivity contribution in [2.75, 3.05) is 78.3 Å². The Kier molecular flexibility index (Phi) is 18.9. The zero-order valence-electron chi connectivity index (χ0n) is 32.0. The molecule has 0 aliphatic carbocycles. The first-order chi connectivity index (χ1) is 27.4. The summed E-state index contributed by atoms with van der Waals surface area (Å²) in [6.45, 7) is 5.59. The first-order valence-corrected chi connectivity index (χ1v) is 18.7. The Morgan fingerprint density at radius 3 is 2.27 bits per heavy atom. The number of hydrogen-bond acceptors (Lipinski definition) is 11. The van der Waals surface area contributed by atoms with Gasteiger partial charge in [0.25, 0.3) is 0 Å². The molecule has 0 saturated heterocycles. The number of carbonyl (C=O) groups is 3. The highest BCUT2D eigenvalue weighted by molar-refractivity contribution is 6.00. The van der Waals surface area contributed by atoms with E-state index in [4.69, 9.17) is 29.2 Å². The van der Waals surface area contributed by atoms with Gasteiger partial charge in [0, 0.05) is 36.0 Å². The van der Waals surface area contributed by atoms with E-state index >= 15 is 0 Å². The van der Waals surface area contributed by atoms with Gasteiger partial charge in [-0.3, -0.25) is 14.4 Å². The average molecular weight is 770 g/mol. The zero-order chi connectivity index (χ0) is 39.8. The van der Waals surface area contributed by atoms with Crippen LogP contribution in [0.25, 0.3) is 32.3 Å². The number of esters is 1. The number of rotatable bonds is 26. The molecule has 0 spiro atoms. The second kappa shape index (κ2) is 24.6. The SMILES string of the molecule is COC(=O)C[C@H](NC(=O)CNC(=O)CCCCNc1cc(C)ccn1)c1ccc(-c2ccc(OCCOCCOCCOCCN=[N+]=[N-])c3ccccc23)cc1. The molecule has 0 saturated carbocycles. The molecule has 3 aromatic carbocycles. The molecule has 3 N–H and O–H groups in total. The van der Waals surface area contributed by atoms with Crippen LogP contribution in [0, 0.1) is 6.92 Å². The Balaban J connectivity index is 1.24. The summed E-state index contributed by atoms with van der Waals surface area (Å²) in [5, 5.41) is 14.2. The number of unbranched alkanes of at least 4 members (excludes halogenated alkanes) is 1. The number of aromatic nitrogens is 1. The van der Waals surface area contributed by atoms with E-state index in [9.17, 15) is 14.4 Å². The van der Waals surface area contributed by atoms with Crippen molar-refractivity contribution in [1.82, 2.24) is 15.6 Å². The van der Waals surface area contributed by atoms with Crippen LogP contribution in [0.5, 0.6) is 5.75 Å². The van der Waals surface area contributed by atoms with Gasteiger partial charge in [0.05, 0.1) is 65.8 Å². The maximum atomic E-state index is 12.9. The van der Waals surface area contributed by atoms with Crippen molar-refractivity contribution in [2.45, 2.75) is 38.6 Å². The first kappa shape index (κ1) is 43.0. The number of nitrogens with one attached hydrogen (secondary N) is 3.